The third kappa shape index (κ3) is 3.50. The fourth-order valence-electron chi connectivity index (χ4n) is 2.12. The van der Waals surface area contributed by atoms with Gasteiger partial charge in [0.1, 0.15) is 5.82 Å². The molecule has 2 rings (SSSR count). The molecule has 0 radical (unpaired) electrons. The van der Waals surface area contributed by atoms with Crippen LogP contribution in [0.4, 0.5) is 4.39 Å². The molecule has 0 atom stereocenters. The second-order valence-corrected chi connectivity index (χ2v) is 4.86. The quantitative estimate of drug-likeness (QED) is 0.747. The lowest BCUT2D eigenvalue weighted by molar-refractivity contribution is 0.0982. The van der Waals surface area contributed by atoms with Gasteiger partial charge in [-0.1, -0.05) is 35.9 Å². The molecule has 0 N–H and O–H groups in total. The molecule has 0 aromatic heterocycles. The summed E-state index contributed by atoms with van der Waals surface area (Å²) in [7, 11) is 0. The molecular weight excluding hydrogens is 239 g/mol. The number of carbonyl (C=O) groups excluding carboxylic acids is 1. The fourth-order valence-corrected chi connectivity index (χ4v) is 2.12. The van der Waals surface area contributed by atoms with Gasteiger partial charge in [0.25, 0.3) is 0 Å². The average Bonchev–Trinajstić information content (AvgIpc) is 2.39. The molecule has 19 heavy (non-hydrogen) atoms. The van der Waals surface area contributed by atoms with Crippen molar-refractivity contribution in [3.05, 3.63) is 70.5 Å². The maximum absolute atomic E-state index is 13.1. The summed E-state index contributed by atoms with van der Waals surface area (Å²) in [5.41, 5.74) is 4.02. The van der Waals surface area contributed by atoms with Crippen LogP contribution < -0.4 is 0 Å². The number of Topliss-reactive ketones (excluding diaryl/α,β-unsaturated/α-hetero) is 1. The minimum absolute atomic E-state index is 0.0135. The topological polar surface area (TPSA) is 17.1 Å². The molecule has 0 unspecified atom stereocenters. The molecule has 0 saturated heterocycles. The standard InChI is InChI=1S/C17H17FO/c1-12-6-7-13(2)14(10-12)8-9-17(19)15-4-3-5-16(18)11-15/h3-7,10-11H,8-9H2,1-2H3. The molecule has 0 bridgehead atoms. The van der Waals surface area contributed by atoms with Gasteiger partial charge in [-0.3, -0.25) is 4.79 Å². The highest BCUT2D eigenvalue weighted by Crippen LogP contribution is 2.15. The molecule has 2 aromatic rings. The second-order valence-electron chi connectivity index (χ2n) is 4.86. The van der Waals surface area contributed by atoms with Crippen molar-refractivity contribution in [1.29, 1.82) is 0 Å². The second kappa shape index (κ2) is 5.79. The van der Waals surface area contributed by atoms with E-state index < -0.39 is 0 Å². The Labute approximate surface area is 113 Å². The van der Waals surface area contributed by atoms with E-state index in [9.17, 15) is 9.18 Å². The van der Waals surface area contributed by atoms with E-state index in [2.05, 4.69) is 18.2 Å². The van der Waals surface area contributed by atoms with Crippen LogP contribution in [-0.4, -0.2) is 5.78 Å². The first-order valence-corrected chi connectivity index (χ1v) is 6.41. The molecule has 0 amide bonds. The first-order valence-electron chi connectivity index (χ1n) is 6.41. The number of hydrogen-bond donors (Lipinski definition) is 0. The van der Waals surface area contributed by atoms with Crippen molar-refractivity contribution in [2.45, 2.75) is 26.7 Å². The molecule has 0 aliphatic heterocycles. The highest BCUT2D eigenvalue weighted by atomic mass is 19.1. The molecule has 2 heteroatoms. The van der Waals surface area contributed by atoms with E-state index in [0.717, 1.165) is 0 Å². The number of benzene rings is 2. The first kappa shape index (κ1) is 13.5. The van der Waals surface area contributed by atoms with Gasteiger partial charge in [-0.15, -0.1) is 0 Å². The van der Waals surface area contributed by atoms with Gasteiger partial charge in [0, 0.05) is 12.0 Å². The van der Waals surface area contributed by atoms with Gasteiger partial charge >= 0.3 is 0 Å². The van der Waals surface area contributed by atoms with Crippen molar-refractivity contribution >= 4 is 5.78 Å². The van der Waals surface area contributed by atoms with E-state index in [1.165, 1.54) is 28.8 Å². The van der Waals surface area contributed by atoms with Gasteiger partial charge in [0.15, 0.2) is 5.78 Å². The van der Waals surface area contributed by atoms with Crippen molar-refractivity contribution in [3.8, 4) is 0 Å². The van der Waals surface area contributed by atoms with Crippen LogP contribution in [0.5, 0.6) is 0 Å². The van der Waals surface area contributed by atoms with Crippen LogP contribution in [0.25, 0.3) is 0 Å². The SMILES string of the molecule is Cc1ccc(C)c(CCC(=O)c2cccc(F)c2)c1. The number of aryl methyl sites for hydroxylation is 3. The van der Waals surface area contributed by atoms with Crippen molar-refractivity contribution in [2.24, 2.45) is 0 Å². The van der Waals surface area contributed by atoms with E-state index in [0.29, 0.717) is 18.4 Å². The lowest BCUT2D eigenvalue weighted by Gasteiger charge is -2.07. The third-order valence-electron chi connectivity index (χ3n) is 3.27. The maximum Gasteiger partial charge on any atom is 0.163 e. The van der Waals surface area contributed by atoms with Crippen LogP contribution in [0, 0.1) is 19.7 Å². The smallest absolute Gasteiger partial charge is 0.163 e. The van der Waals surface area contributed by atoms with Gasteiger partial charge in [0.05, 0.1) is 0 Å². The van der Waals surface area contributed by atoms with E-state index in [4.69, 9.17) is 0 Å². The summed E-state index contributed by atoms with van der Waals surface area (Å²) in [6.07, 6.45) is 1.11. The highest BCUT2D eigenvalue weighted by molar-refractivity contribution is 5.96. The van der Waals surface area contributed by atoms with E-state index >= 15 is 0 Å². The Morgan fingerprint density at radius 3 is 2.63 bits per heavy atom. The summed E-state index contributed by atoms with van der Waals surface area (Å²) >= 11 is 0. The Hall–Kier alpha value is -1.96. The summed E-state index contributed by atoms with van der Waals surface area (Å²) < 4.78 is 13.1. The summed E-state index contributed by atoms with van der Waals surface area (Å²) in [4.78, 5) is 12.0. The Balaban J connectivity index is 2.06. The summed E-state index contributed by atoms with van der Waals surface area (Å²) in [5, 5.41) is 0. The number of hydrogen-bond acceptors (Lipinski definition) is 1. The molecule has 0 fully saturated rings. The molecule has 0 heterocycles. The Morgan fingerprint density at radius 1 is 1.11 bits per heavy atom. The Morgan fingerprint density at radius 2 is 1.89 bits per heavy atom. The van der Waals surface area contributed by atoms with Gasteiger partial charge in [0.2, 0.25) is 0 Å². The van der Waals surface area contributed by atoms with Gasteiger partial charge in [-0.25, -0.2) is 4.39 Å². The van der Waals surface area contributed by atoms with Gasteiger partial charge in [-0.05, 0) is 43.5 Å². The Bertz CT molecular complexity index is 602. The molecule has 1 nitrogen and oxygen atoms in total. The predicted molar refractivity (Wildman–Crippen MR) is 75.0 cm³/mol. The summed E-state index contributed by atoms with van der Waals surface area (Å²) in [6, 6.07) is 12.1. The summed E-state index contributed by atoms with van der Waals surface area (Å²) in [6.45, 7) is 4.08. The minimum atomic E-state index is -0.363. The Kier molecular flexibility index (Phi) is 4.10. The van der Waals surface area contributed by atoms with Crippen LogP contribution in [0.2, 0.25) is 0 Å². The number of rotatable bonds is 4. The predicted octanol–water partition coefficient (Wildman–Crippen LogP) is 4.26. The van der Waals surface area contributed by atoms with Crippen molar-refractivity contribution in [3.63, 3.8) is 0 Å². The van der Waals surface area contributed by atoms with E-state index in [1.54, 1.807) is 12.1 Å². The average molecular weight is 256 g/mol. The molecule has 0 spiro atoms. The minimum Gasteiger partial charge on any atom is -0.294 e. The molecule has 2 aromatic carbocycles. The van der Waals surface area contributed by atoms with E-state index in [1.807, 2.05) is 13.8 Å². The van der Waals surface area contributed by atoms with Crippen LogP contribution in [0.3, 0.4) is 0 Å². The zero-order valence-electron chi connectivity index (χ0n) is 11.2. The lowest BCUT2D eigenvalue weighted by Crippen LogP contribution is -2.02. The third-order valence-corrected chi connectivity index (χ3v) is 3.27. The maximum atomic E-state index is 13.1. The fraction of sp³-hybridized carbons (Fsp3) is 0.235. The normalized spacial score (nSPS) is 10.5. The van der Waals surface area contributed by atoms with Crippen molar-refractivity contribution in [1.82, 2.24) is 0 Å². The molecule has 98 valence electrons. The monoisotopic (exact) mass is 256 g/mol. The number of carbonyl (C=O) groups is 1. The van der Waals surface area contributed by atoms with E-state index in [-0.39, 0.29) is 11.6 Å². The largest absolute Gasteiger partial charge is 0.294 e. The number of halogens is 1. The van der Waals surface area contributed by atoms with Gasteiger partial charge < -0.3 is 0 Å². The first-order chi connectivity index (χ1) is 9.06. The molecule has 0 aliphatic carbocycles. The van der Waals surface area contributed by atoms with Crippen LogP contribution >= 0.6 is 0 Å². The van der Waals surface area contributed by atoms with Crippen molar-refractivity contribution < 1.29 is 9.18 Å². The molecular formula is C17H17FO. The zero-order valence-corrected chi connectivity index (χ0v) is 11.2. The molecule has 0 aliphatic rings. The van der Waals surface area contributed by atoms with Crippen molar-refractivity contribution in [2.75, 3.05) is 0 Å². The summed E-state index contributed by atoms with van der Waals surface area (Å²) in [5.74, 6) is -0.377. The van der Waals surface area contributed by atoms with Crippen LogP contribution in [0.15, 0.2) is 42.5 Å². The van der Waals surface area contributed by atoms with Crippen LogP contribution in [-0.2, 0) is 6.42 Å². The number of ketones is 1. The van der Waals surface area contributed by atoms with Crippen LogP contribution in [0.1, 0.15) is 33.5 Å². The van der Waals surface area contributed by atoms with Gasteiger partial charge in [-0.2, -0.15) is 0 Å². The molecule has 0 saturated carbocycles. The zero-order chi connectivity index (χ0) is 13.8. The highest BCUT2D eigenvalue weighted by Gasteiger charge is 2.08. The lowest BCUT2D eigenvalue weighted by atomic mass is 9.98.